The van der Waals surface area contributed by atoms with Gasteiger partial charge >= 0.3 is 0 Å². The van der Waals surface area contributed by atoms with Gasteiger partial charge in [0, 0.05) is 41.6 Å². The van der Waals surface area contributed by atoms with E-state index in [0.717, 1.165) is 58.4 Å². The van der Waals surface area contributed by atoms with Crippen molar-refractivity contribution < 1.29 is 9.59 Å². The Hall–Kier alpha value is -3.80. The number of anilines is 2. The summed E-state index contributed by atoms with van der Waals surface area (Å²) < 4.78 is 0. The van der Waals surface area contributed by atoms with Gasteiger partial charge in [-0.25, -0.2) is 0 Å². The van der Waals surface area contributed by atoms with E-state index in [0.29, 0.717) is 13.0 Å². The molecule has 2 amide bonds. The van der Waals surface area contributed by atoms with E-state index >= 15 is 0 Å². The number of amides is 2. The number of benzene rings is 2. The molecule has 1 saturated heterocycles. The van der Waals surface area contributed by atoms with Gasteiger partial charge in [0.05, 0.1) is 5.92 Å². The first-order valence-corrected chi connectivity index (χ1v) is 12.4. The van der Waals surface area contributed by atoms with Crippen molar-refractivity contribution in [1.29, 1.82) is 0 Å². The standard InChI is InChI=1S/C29H32N4O2/c1-19(20-7-4-3-5-8-20)29(35)33-16-6-9-27(33)28(34)31-24-14-15-25-22(17-24)18-26(32-25)21-10-12-23(30-2)13-11-21/h3-4,7,10-15,17-19,27,30,32H,5-6,8-9,16H2,1-2H3,(H,31,34). The van der Waals surface area contributed by atoms with Crippen LogP contribution >= 0.6 is 0 Å². The van der Waals surface area contributed by atoms with Crippen LogP contribution in [0.5, 0.6) is 0 Å². The monoisotopic (exact) mass is 468 g/mol. The molecular formula is C29H32N4O2. The molecule has 0 bridgehead atoms. The number of nitrogens with one attached hydrogen (secondary N) is 3. The Morgan fingerprint density at radius 1 is 1.09 bits per heavy atom. The lowest BCUT2D eigenvalue weighted by Crippen LogP contribution is -2.45. The van der Waals surface area contributed by atoms with E-state index in [-0.39, 0.29) is 17.7 Å². The molecule has 6 heteroatoms. The summed E-state index contributed by atoms with van der Waals surface area (Å²) in [7, 11) is 1.90. The Labute approximate surface area is 206 Å². The third kappa shape index (κ3) is 4.74. The van der Waals surface area contributed by atoms with Gasteiger partial charge in [-0.15, -0.1) is 0 Å². The quantitative estimate of drug-likeness (QED) is 0.433. The highest BCUT2D eigenvalue weighted by atomic mass is 16.2. The average Bonchev–Trinajstić information content (AvgIpc) is 3.56. The first kappa shape index (κ1) is 23.0. The number of fused-ring (bicyclic) bond motifs is 1. The van der Waals surface area contributed by atoms with Gasteiger partial charge in [-0.1, -0.05) is 35.9 Å². The summed E-state index contributed by atoms with van der Waals surface area (Å²) in [6.45, 7) is 2.60. The van der Waals surface area contributed by atoms with Crippen LogP contribution in [0.25, 0.3) is 22.2 Å². The van der Waals surface area contributed by atoms with Crippen LogP contribution in [0.4, 0.5) is 11.4 Å². The Morgan fingerprint density at radius 3 is 2.63 bits per heavy atom. The molecule has 0 spiro atoms. The summed E-state index contributed by atoms with van der Waals surface area (Å²) in [4.78, 5) is 31.7. The third-order valence-corrected chi connectivity index (χ3v) is 7.18. The molecular weight excluding hydrogens is 436 g/mol. The smallest absolute Gasteiger partial charge is 0.247 e. The van der Waals surface area contributed by atoms with Crippen LogP contribution in [-0.2, 0) is 9.59 Å². The highest BCUT2D eigenvalue weighted by Crippen LogP contribution is 2.29. The van der Waals surface area contributed by atoms with Gasteiger partial charge in [0.1, 0.15) is 6.04 Å². The number of likely N-dealkylation sites (tertiary alicyclic amines) is 1. The summed E-state index contributed by atoms with van der Waals surface area (Å²) in [6.07, 6.45) is 9.62. The highest BCUT2D eigenvalue weighted by molar-refractivity contribution is 6.00. The van der Waals surface area contributed by atoms with Crippen LogP contribution in [0.1, 0.15) is 32.6 Å². The lowest BCUT2D eigenvalue weighted by Gasteiger charge is -2.28. The number of aromatic amines is 1. The summed E-state index contributed by atoms with van der Waals surface area (Å²) in [5, 5.41) is 7.22. The third-order valence-electron chi connectivity index (χ3n) is 7.18. The van der Waals surface area contributed by atoms with Crippen molar-refractivity contribution in [2.45, 2.75) is 38.6 Å². The predicted molar refractivity (Wildman–Crippen MR) is 142 cm³/mol. The SMILES string of the molecule is CNc1ccc(-c2cc3cc(NC(=O)C4CCCN4C(=O)C(C)C4=CC=CCC4)ccc3[nH]2)cc1. The fourth-order valence-electron chi connectivity index (χ4n) is 5.10. The minimum atomic E-state index is -0.423. The van der Waals surface area contributed by atoms with Gasteiger partial charge in [0.25, 0.3) is 0 Å². The number of allylic oxidation sites excluding steroid dienone is 3. The van der Waals surface area contributed by atoms with Gasteiger partial charge in [0.15, 0.2) is 0 Å². The zero-order chi connectivity index (χ0) is 24.4. The lowest BCUT2D eigenvalue weighted by atomic mass is 9.92. The summed E-state index contributed by atoms with van der Waals surface area (Å²) >= 11 is 0. The van der Waals surface area contributed by atoms with Crippen LogP contribution in [0.2, 0.25) is 0 Å². The summed E-state index contributed by atoms with van der Waals surface area (Å²) in [6, 6.07) is 15.8. The second-order valence-electron chi connectivity index (χ2n) is 9.42. The molecule has 35 heavy (non-hydrogen) atoms. The molecule has 2 heterocycles. The molecule has 1 aromatic heterocycles. The van der Waals surface area contributed by atoms with E-state index in [9.17, 15) is 9.59 Å². The number of H-pyrrole nitrogens is 1. The number of hydrogen-bond donors (Lipinski definition) is 3. The van der Waals surface area contributed by atoms with E-state index in [2.05, 4.69) is 39.9 Å². The molecule has 1 aliphatic heterocycles. The van der Waals surface area contributed by atoms with Gasteiger partial charge in [0.2, 0.25) is 11.8 Å². The molecule has 1 aliphatic carbocycles. The topological polar surface area (TPSA) is 77.2 Å². The van der Waals surface area contributed by atoms with Crippen molar-refractivity contribution >= 4 is 34.1 Å². The van der Waals surface area contributed by atoms with E-state index in [1.54, 1.807) is 4.90 Å². The van der Waals surface area contributed by atoms with Crippen molar-refractivity contribution in [3.8, 4) is 11.3 Å². The number of hydrogen-bond acceptors (Lipinski definition) is 3. The summed E-state index contributed by atoms with van der Waals surface area (Å²) in [5.74, 6) is -0.247. The molecule has 3 N–H and O–H groups in total. The number of carbonyl (C=O) groups excluding carboxylic acids is 2. The maximum atomic E-state index is 13.2. The van der Waals surface area contributed by atoms with Crippen molar-refractivity contribution in [3.63, 3.8) is 0 Å². The van der Waals surface area contributed by atoms with Crippen LogP contribution in [0, 0.1) is 5.92 Å². The molecule has 180 valence electrons. The van der Waals surface area contributed by atoms with Crippen LogP contribution in [-0.4, -0.2) is 41.3 Å². The van der Waals surface area contributed by atoms with Gasteiger partial charge in [-0.3, -0.25) is 9.59 Å². The maximum absolute atomic E-state index is 13.2. The molecule has 0 saturated carbocycles. The molecule has 5 rings (SSSR count). The van der Waals surface area contributed by atoms with Crippen molar-refractivity contribution in [3.05, 3.63) is 72.3 Å². The van der Waals surface area contributed by atoms with Gasteiger partial charge < -0.3 is 20.5 Å². The zero-order valence-corrected chi connectivity index (χ0v) is 20.3. The molecule has 6 nitrogen and oxygen atoms in total. The van der Waals surface area contributed by atoms with E-state index < -0.39 is 6.04 Å². The fourth-order valence-corrected chi connectivity index (χ4v) is 5.10. The largest absolute Gasteiger partial charge is 0.388 e. The van der Waals surface area contributed by atoms with E-state index in [1.807, 2.05) is 56.5 Å². The number of aromatic nitrogens is 1. The van der Waals surface area contributed by atoms with Gasteiger partial charge in [-0.2, -0.15) is 0 Å². The second-order valence-corrected chi connectivity index (χ2v) is 9.42. The maximum Gasteiger partial charge on any atom is 0.247 e. The first-order chi connectivity index (χ1) is 17.0. The van der Waals surface area contributed by atoms with Gasteiger partial charge in [-0.05, 0) is 74.6 Å². The van der Waals surface area contributed by atoms with Crippen LogP contribution < -0.4 is 10.6 Å². The normalized spacial score (nSPS) is 18.4. The van der Waals surface area contributed by atoms with Crippen molar-refractivity contribution in [2.75, 3.05) is 24.2 Å². The second kappa shape index (κ2) is 9.82. The zero-order valence-electron chi connectivity index (χ0n) is 20.3. The molecule has 2 aromatic carbocycles. The molecule has 0 radical (unpaired) electrons. The number of carbonyl (C=O) groups is 2. The molecule has 1 fully saturated rings. The molecule has 2 aliphatic rings. The molecule has 2 atom stereocenters. The van der Waals surface area contributed by atoms with Crippen LogP contribution in [0.15, 0.2) is 72.3 Å². The predicted octanol–water partition coefficient (Wildman–Crippen LogP) is 5.72. The Balaban J connectivity index is 1.29. The van der Waals surface area contributed by atoms with Crippen molar-refractivity contribution in [1.82, 2.24) is 9.88 Å². The average molecular weight is 469 g/mol. The first-order valence-electron chi connectivity index (χ1n) is 12.4. The van der Waals surface area contributed by atoms with E-state index in [1.165, 1.54) is 0 Å². The lowest BCUT2D eigenvalue weighted by molar-refractivity contribution is -0.138. The minimum Gasteiger partial charge on any atom is -0.388 e. The molecule has 2 unspecified atom stereocenters. The Kier molecular flexibility index (Phi) is 6.45. The van der Waals surface area contributed by atoms with Crippen molar-refractivity contribution in [2.24, 2.45) is 5.92 Å². The Bertz CT molecular complexity index is 1300. The van der Waals surface area contributed by atoms with E-state index in [4.69, 9.17) is 0 Å². The van der Waals surface area contributed by atoms with Crippen LogP contribution in [0.3, 0.4) is 0 Å². The number of rotatable bonds is 6. The fraction of sp³-hybridized carbons (Fsp3) is 0.310. The molecule has 3 aromatic rings. The minimum absolute atomic E-state index is 0.0548. The highest BCUT2D eigenvalue weighted by Gasteiger charge is 2.36. The Morgan fingerprint density at radius 2 is 1.89 bits per heavy atom. The number of nitrogens with zero attached hydrogens (tertiary/aromatic N) is 1. The summed E-state index contributed by atoms with van der Waals surface area (Å²) in [5.41, 5.74) is 6.10.